The van der Waals surface area contributed by atoms with E-state index in [2.05, 4.69) is 59.9 Å². The number of nitrogens with zero attached hydrogens (tertiary/aromatic N) is 6. The van der Waals surface area contributed by atoms with Crippen LogP contribution in [0.25, 0.3) is 0 Å². The molecule has 284 valence electrons. The van der Waals surface area contributed by atoms with Crippen molar-refractivity contribution in [3.63, 3.8) is 0 Å². The molecule has 2 aromatic heterocycles. The monoisotopic (exact) mass is 752 g/mol. The molecule has 5 rings (SSSR count). The molecule has 53 heavy (non-hydrogen) atoms. The van der Waals surface area contributed by atoms with E-state index in [0.717, 1.165) is 81.3 Å². The van der Waals surface area contributed by atoms with Gasteiger partial charge in [-0.1, -0.05) is 38.2 Å². The Labute approximate surface area is 312 Å². The summed E-state index contributed by atoms with van der Waals surface area (Å²) < 4.78 is 41.7. The number of aryl methyl sites for hydroxylation is 2. The van der Waals surface area contributed by atoms with Gasteiger partial charge in [0.1, 0.15) is 22.3 Å². The van der Waals surface area contributed by atoms with Gasteiger partial charge in [-0.2, -0.15) is 13.2 Å². The van der Waals surface area contributed by atoms with E-state index in [9.17, 15) is 22.8 Å². The van der Waals surface area contributed by atoms with Crippen molar-refractivity contribution in [1.82, 2.24) is 24.8 Å². The molecule has 16 heteroatoms. The number of nitrogens with one attached hydrogen (secondary N) is 4. The molecule has 2 amide bonds. The molecule has 3 heterocycles. The van der Waals surface area contributed by atoms with Crippen molar-refractivity contribution in [2.24, 2.45) is 0 Å². The van der Waals surface area contributed by atoms with Crippen LogP contribution < -0.4 is 26.2 Å². The van der Waals surface area contributed by atoms with Gasteiger partial charge in [0.25, 0.3) is 11.8 Å². The third kappa shape index (κ3) is 10.9. The zero-order valence-corrected chi connectivity index (χ0v) is 31.5. The second kappa shape index (κ2) is 17.8. The smallest absolute Gasteiger partial charge is 0.370 e. The van der Waals surface area contributed by atoms with Gasteiger partial charge in [-0.05, 0) is 82.3 Å². The fourth-order valence-electron chi connectivity index (χ4n) is 5.96. The van der Waals surface area contributed by atoms with E-state index in [4.69, 9.17) is 0 Å². The van der Waals surface area contributed by atoms with E-state index in [1.165, 1.54) is 12.3 Å². The zero-order valence-electron chi connectivity index (χ0n) is 30.7. The van der Waals surface area contributed by atoms with Crippen LogP contribution in [-0.2, 0) is 6.18 Å². The first-order chi connectivity index (χ1) is 25.3. The Balaban J connectivity index is 1.23. The third-order valence-corrected chi connectivity index (χ3v) is 10.0. The van der Waals surface area contributed by atoms with Gasteiger partial charge in [-0.3, -0.25) is 9.59 Å². The molecular formula is C37H47F3N10O2S. The van der Waals surface area contributed by atoms with Crippen LogP contribution >= 0.6 is 11.3 Å². The van der Waals surface area contributed by atoms with Crippen LogP contribution in [0.3, 0.4) is 0 Å². The molecule has 4 aromatic rings. The predicted octanol–water partition coefficient (Wildman–Crippen LogP) is 7.10. The number of hydrogen-bond donors (Lipinski definition) is 4. The zero-order chi connectivity index (χ0) is 38.1. The minimum Gasteiger partial charge on any atom is -0.370 e. The second-order valence-corrected chi connectivity index (χ2v) is 13.8. The average molecular weight is 753 g/mol. The number of thiazole rings is 1. The van der Waals surface area contributed by atoms with Gasteiger partial charge in [0, 0.05) is 61.4 Å². The van der Waals surface area contributed by atoms with E-state index >= 15 is 0 Å². The molecule has 0 unspecified atom stereocenters. The Kier molecular flexibility index (Phi) is 13.2. The average Bonchev–Trinajstić information content (AvgIpc) is 3.61. The molecule has 4 N–H and O–H groups in total. The van der Waals surface area contributed by atoms with Crippen molar-refractivity contribution in [2.75, 3.05) is 85.1 Å². The Bertz CT molecular complexity index is 1870. The van der Waals surface area contributed by atoms with E-state index in [1.807, 2.05) is 11.8 Å². The maximum Gasteiger partial charge on any atom is 0.416 e. The normalized spacial score (nSPS) is 13.6. The standard InChI is InChI=1S/C37H47F3N10O2S/c1-6-48(7-2)13-9-12-41-32-22-33(44-25(5)43-32)47-36-42-23-31(53-36)35(52)46-30-21-28(11-10-24(30)4)45-34(51)26-18-27(37(38,39)40)20-29(19-26)50-16-14-49(8-3)15-17-50/h10-11,18-23H,6-9,12-17H2,1-5H3,(H,45,51)(H,46,52)(H2,41,42,43,44,47). The first-order valence-corrected chi connectivity index (χ1v) is 18.6. The summed E-state index contributed by atoms with van der Waals surface area (Å²) >= 11 is 1.14. The topological polar surface area (TPSA) is 131 Å². The molecule has 0 atom stereocenters. The number of amides is 2. The Morgan fingerprint density at radius 2 is 1.64 bits per heavy atom. The van der Waals surface area contributed by atoms with Crippen LogP contribution in [0.15, 0.2) is 48.7 Å². The van der Waals surface area contributed by atoms with Gasteiger partial charge in [0.15, 0.2) is 5.13 Å². The fourth-order valence-corrected chi connectivity index (χ4v) is 6.68. The Morgan fingerprint density at radius 3 is 2.34 bits per heavy atom. The number of carbonyl (C=O) groups excluding carboxylic acids is 2. The lowest BCUT2D eigenvalue weighted by Crippen LogP contribution is -2.46. The summed E-state index contributed by atoms with van der Waals surface area (Å²) in [5, 5.41) is 12.5. The minimum atomic E-state index is -4.62. The van der Waals surface area contributed by atoms with Crippen molar-refractivity contribution in [3.05, 3.63) is 76.1 Å². The molecule has 2 aromatic carbocycles. The van der Waals surface area contributed by atoms with Gasteiger partial charge in [0.2, 0.25) is 0 Å². The van der Waals surface area contributed by atoms with E-state index in [1.54, 1.807) is 38.1 Å². The molecule has 1 saturated heterocycles. The number of aromatic nitrogens is 3. The summed E-state index contributed by atoms with van der Waals surface area (Å²) in [6.07, 6.45) is -2.19. The van der Waals surface area contributed by atoms with E-state index in [0.29, 0.717) is 57.6 Å². The molecular weight excluding hydrogens is 706 g/mol. The summed E-state index contributed by atoms with van der Waals surface area (Å²) in [7, 11) is 0. The predicted molar refractivity (Wildman–Crippen MR) is 206 cm³/mol. The van der Waals surface area contributed by atoms with Gasteiger partial charge < -0.3 is 36.0 Å². The number of piperazine rings is 1. The number of hydrogen-bond acceptors (Lipinski definition) is 11. The second-order valence-electron chi connectivity index (χ2n) is 12.8. The SMILES string of the molecule is CCN(CC)CCCNc1cc(Nc2ncc(C(=O)Nc3cc(NC(=O)c4cc(N5CCN(CC)CC5)cc(C(F)(F)F)c4)ccc3C)s2)nc(C)n1. The highest BCUT2D eigenvalue weighted by Gasteiger charge is 2.33. The molecule has 0 bridgehead atoms. The van der Waals surface area contributed by atoms with Crippen molar-refractivity contribution in [3.8, 4) is 0 Å². The maximum atomic E-state index is 13.9. The molecule has 1 fully saturated rings. The third-order valence-electron chi connectivity index (χ3n) is 9.09. The first kappa shape index (κ1) is 39.4. The van der Waals surface area contributed by atoms with Crippen LogP contribution in [0.2, 0.25) is 0 Å². The van der Waals surface area contributed by atoms with Crippen molar-refractivity contribution < 1.29 is 22.8 Å². The van der Waals surface area contributed by atoms with Crippen molar-refractivity contribution in [2.45, 2.75) is 47.2 Å². The molecule has 0 saturated carbocycles. The van der Waals surface area contributed by atoms with Crippen LogP contribution in [0.4, 0.5) is 47.0 Å². The van der Waals surface area contributed by atoms with Crippen LogP contribution in [0.1, 0.15) is 64.2 Å². The van der Waals surface area contributed by atoms with Crippen molar-refractivity contribution in [1.29, 1.82) is 0 Å². The number of carbonyl (C=O) groups is 2. The quantitative estimate of drug-likeness (QED) is 0.0934. The van der Waals surface area contributed by atoms with E-state index < -0.39 is 23.6 Å². The summed E-state index contributed by atoms with van der Waals surface area (Å²) in [6, 6.07) is 10.2. The highest BCUT2D eigenvalue weighted by Crippen LogP contribution is 2.34. The van der Waals surface area contributed by atoms with Crippen LogP contribution in [0, 0.1) is 13.8 Å². The molecule has 0 radical (unpaired) electrons. The summed E-state index contributed by atoms with van der Waals surface area (Å²) in [5.74, 6) is 0.702. The highest BCUT2D eigenvalue weighted by molar-refractivity contribution is 7.17. The van der Waals surface area contributed by atoms with Gasteiger partial charge >= 0.3 is 6.18 Å². The van der Waals surface area contributed by atoms with Crippen LogP contribution in [0.5, 0.6) is 0 Å². The number of rotatable bonds is 15. The largest absolute Gasteiger partial charge is 0.416 e. The van der Waals surface area contributed by atoms with Crippen molar-refractivity contribution >= 4 is 57.0 Å². The van der Waals surface area contributed by atoms with Crippen LogP contribution in [-0.4, -0.2) is 95.5 Å². The molecule has 0 spiro atoms. The lowest BCUT2D eigenvalue weighted by atomic mass is 10.1. The first-order valence-electron chi connectivity index (χ1n) is 17.8. The molecule has 12 nitrogen and oxygen atoms in total. The van der Waals surface area contributed by atoms with Gasteiger partial charge in [-0.25, -0.2) is 15.0 Å². The Hall–Kier alpha value is -4.80. The maximum absolute atomic E-state index is 13.9. The van der Waals surface area contributed by atoms with E-state index in [-0.39, 0.29) is 5.56 Å². The molecule has 1 aliphatic heterocycles. The fraction of sp³-hybridized carbons (Fsp3) is 0.432. The summed E-state index contributed by atoms with van der Waals surface area (Å²) in [5.41, 5.74) is 0.819. The molecule has 0 aliphatic carbocycles. The number of likely N-dealkylation sites (N-methyl/N-ethyl adjacent to an activating group) is 1. The number of anilines is 6. The summed E-state index contributed by atoms with van der Waals surface area (Å²) in [6.45, 7) is 17.2. The minimum absolute atomic E-state index is 0.110. The number of halogens is 3. The Morgan fingerprint density at radius 1 is 0.906 bits per heavy atom. The number of alkyl halides is 3. The lowest BCUT2D eigenvalue weighted by Gasteiger charge is -2.36. The highest BCUT2D eigenvalue weighted by atomic mass is 32.1. The van der Waals surface area contributed by atoms with Gasteiger partial charge in [-0.15, -0.1) is 0 Å². The summed E-state index contributed by atoms with van der Waals surface area (Å²) in [4.78, 5) is 46.7. The van der Waals surface area contributed by atoms with Gasteiger partial charge in [0.05, 0.1) is 11.8 Å². The lowest BCUT2D eigenvalue weighted by molar-refractivity contribution is -0.137. The number of benzene rings is 2. The molecule has 1 aliphatic rings.